The van der Waals surface area contributed by atoms with E-state index in [4.69, 9.17) is 0 Å². The van der Waals surface area contributed by atoms with Crippen LogP contribution in [0.1, 0.15) is 17.8 Å². The van der Waals surface area contributed by atoms with Crippen molar-refractivity contribution in [3.05, 3.63) is 52.3 Å². The normalized spacial score (nSPS) is 11.0. The molecule has 0 saturated heterocycles. The number of aryl methyl sites for hydroxylation is 2. The molecule has 5 nitrogen and oxygen atoms in total. The van der Waals surface area contributed by atoms with Gasteiger partial charge in [-0.05, 0) is 49.6 Å². The summed E-state index contributed by atoms with van der Waals surface area (Å²) in [5, 5.41) is 15.8. The van der Waals surface area contributed by atoms with Crippen LogP contribution in [0.5, 0.6) is 0 Å². The number of nitrogens with one attached hydrogen (secondary N) is 1. The fourth-order valence-electron chi connectivity index (χ4n) is 2.19. The third kappa shape index (κ3) is 3.39. The predicted molar refractivity (Wildman–Crippen MR) is 86.5 cm³/mol. The van der Waals surface area contributed by atoms with Crippen molar-refractivity contribution in [2.45, 2.75) is 19.8 Å². The summed E-state index contributed by atoms with van der Waals surface area (Å²) in [6.45, 7) is 2.77. The molecule has 0 radical (unpaired) electrons. The van der Waals surface area contributed by atoms with E-state index in [0.29, 0.717) is 0 Å². The highest BCUT2D eigenvalue weighted by atomic mass is 79.9. The van der Waals surface area contributed by atoms with Crippen LogP contribution in [-0.4, -0.2) is 26.4 Å². The first-order valence-electron chi connectivity index (χ1n) is 6.90. The Labute approximate surface area is 131 Å². The molecule has 3 rings (SSSR count). The number of nitrogens with zero attached hydrogens (tertiary/aromatic N) is 4. The minimum atomic E-state index is 0.771. The number of aromatic nitrogens is 4. The first-order valence-corrected chi connectivity index (χ1v) is 7.69. The summed E-state index contributed by atoms with van der Waals surface area (Å²) in [4.78, 5) is 0. The molecule has 0 aliphatic rings. The molecule has 2 aromatic heterocycles. The van der Waals surface area contributed by atoms with Crippen molar-refractivity contribution in [1.82, 2.24) is 19.8 Å². The second-order valence-electron chi connectivity index (χ2n) is 4.90. The van der Waals surface area contributed by atoms with Crippen LogP contribution in [-0.2, 0) is 6.42 Å². The van der Waals surface area contributed by atoms with Crippen LogP contribution >= 0.6 is 15.9 Å². The molecule has 6 heteroatoms. The highest BCUT2D eigenvalue weighted by molar-refractivity contribution is 9.10. The summed E-state index contributed by atoms with van der Waals surface area (Å²) >= 11 is 3.49. The highest BCUT2D eigenvalue weighted by Crippen LogP contribution is 2.13. The van der Waals surface area contributed by atoms with E-state index in [1.54, 1.807) is 4.52 Å². The average Bonchev–Trinajstić information content (AvgIpc) is 2.85. The molecule has 0 amide bonds. The molecule has 1 aromatic carbocycles. The van der Waals surface area contributed by atoms with Gasteiger partial charge in [0.05, 0.1) is 0 Å². The van der Waals surface area contributed by atoms with Crippen molar-refractivity contribution < 1.29 is 0 Å². The van der Waals surface area contributed by atoms with E-state index in [9.17, 15) is 0 Å². The quantitative estimate of drug-likeness (QED) is 0.721. The minimum Gasteiger partial charge on any atom is -0.369 e. The predicted octanol–water partition coefficient (Wildman–Crippen LogP) is 3.24. The Morgan fingerprint density at radius 2 is 2.10 bits per heavy atom. The van der Waals surface area contributed by atoms with Crippen molar-refractivity contribution in [2.24, 2.45) is 0 Å². The number of hydrogen-bond donors (Lipinski definition) is 1. The summed E-state index contributed by atoms with van der Waals surface area (Å²) in [5.41, 5.74) is 2.11. The largest absolute Gasteiger partial charge is 0.369 e. The van der Waals surface area contributed by atoms with Crippen molar-refractivity contribution in [1.29, 1.82) is 0 Å². The second kappa shape index (κ2) is 6.22. The zero-order valence-electron chi connectivity index (χ0n) is 11.8. The molecule has 0 fully saturated rings. The summed E-state index contributed by atoms with van der Waals surface area (Å²) in [6, 6.07) is 12.3. The molecular formula is C15H16BrN5. The summed E-state index contributed by atoms with van der Waals surface area (Å²) in [6.07, 6.45) is 2.09. The van der Waals surface area contributed by atoms with Crippen LogP contribution in [0, 0.1) is 6.92 Å². The van der Waals surface area contributed by atoms with Gasteiger partial charge in [-0.3, -0.25) is 0 Å². The van der Waals surface area contributed by atoms with E-state index in [0.717, 1.165) is 41.1 Å². The molecule has 0 bridgehead atoms. The van der Waals surface area contributed by atoms with Crippen LogP contribution < -0.4 is 5.32 Å². The number of rotatable bonds is 5. The van der Waals surface area contributed by atoms with Crippen LogP contribution in [0.4, 0.5) is 5.82 Å². The smallest absolute Gasteiger partial charge is 0.178 e. The number of fused-ring (bicyclic) bond motifs is 1. The molecule has 1 N–H and O–H groups in total. The average molecular weight is 346 g/mol. The van der Waals surface area contributed by atoms with Gasteiger partial charge in [-0.25, -0.2) is 0 Å². The zero-order chi connectivity index (χ0) is 14.7. The zero-order valence-corrected chi connectivity index (χ0v) is 13.3. The van der Waals surface area contributed by atoms with Crippen molar-refractivity contribution >= 4 is 27.4 Å². The topological polar surface area (TPSA) is 55.1 Å². The lowest BCUT2D eigenvalue weighted by Crippen LogP contribution is -2.07. The van der Waals surface area contributed by atoms with Crippen LogP contribution in [0.2, 0.25) is 0 Å². The molecule has 0 aliphatic heterocycles. The third-order valence-electron chi connectivity index (χ3n) is 3.26. The lowest BCUT2D eigenvalue weighted by Gasteiger charge is -2.06. The maximum atomic E-state index is 4.47. The van der Waals surface area contributed by atoms with Gasteiger partial charge in [-0.15, -0.1) is 15.3 Å². The molecular weight excluding hydrogens is 330 g/mol. The van der Waals surface area contributed by atoms with Gasteiger partial charge in [-0.2, -0.15) is 4.52 Å². The molecule has 0 aliphatic carbocycles. The van der Waals surface area contributed by atoms with Gasteiger partial charge in [0.2, 0.25) is 0 Å². The molecule has 0 unspecified atom stereocenters. The molecule has 0 atom stereocenters. The number of hydrogen-bond acceptors (Lipinski definition) is 4. The van der Waals surface area contributed by atoms with Crippen molar-refractivity contribution in [3.63, 3.8) is 0 Å². The first-order chi connectivity index (χ1) is 10.2. The molecule has 3 aromatic rings. The van der Waals surface area contributed by atoms with Gasteiger partial charge >= 0.3 is 0 Å². The van der Waals surface area contributed by atoms with E-state index < -0.39 is 0 Å². The van der Waals surface area contributed by atoms with E-state index in [1.165, 1.54) is 5.56 Å². The Morgan fingerprint density at radius 3 is 2.95 bits per heavy atom. The van der Waals surface area contributed by atoms with E-state index >= 15 is 0 Å². The summed E-state index contributed by atoms with van der Waals surface area (Å²) < 4.78 is 2.87. The van der Waals surface area contributed by atoms with Crippen molar-refractivity contribution in [2.75, 3.05) is 11.9 Å². The second-order valence-corrected chi connectivity index (χ2v) is 5.81. The number of halogens is 1. The Kier molecular flexibility index (Phi) is 4.15. The van der Waals surface area contributed by atoms with Crippen LogP contribution in [0.15, 0.2) is 40.9 Å². The van der Waals surface area contributed by atoms with Crippen LogP contribution in [0.25, 0.3) is 5.65 Å². The first kappa shape index (κ1) is 14.0. The Balaban J connectivity index is 1.55. The SMILES string of the molecule is Cc1nnc2ccc(NCCCc3cccc(Br)c3)nn12. The lowest BCUT2D eigenvalue weighted by molar-refractivity contribution is 0.835. The van der Waals surface area contributed by atoms with Gasteiger partial charge < -0.3 is 5.32 Å². The number of benzene rings is 1. The Hall–Kier alpha value is -1.95. The standard InChI is InChI=1S/C15H16BrN5/c1-11-18-19-15-8-7-14(20-21(11)15)17-9-3-5-12-4-2-6-13(16)10-12/h2,4,6-8,10H,3,5,9H2,1H3,(H,17,20). The fraction of sp³-hybridized carbons (Fsp3) is 0.267. The van der Waals surface area contributed by atoms with E-state index in [1.807, 2.05) is 25.1 Å². The molecule has 108 valence electrons. The minimum absolute atomic E-state index is 0.771. The third-order valence-corrected chi connectivity index (χ3v) is 3.75. The van der Waals surface area contributed by atoms with Gasteiger partial charge in [0, 0.05) is 11.0 Å². The Bertz CT molecular complexity index is 753. The molecule has 0 saturated carbocycles. The van der Waals surface area contributed by atoms with Gasteiger partial charge in [0.25, 0.3) is 0 Å². The molecule has 2 heterocycles. The van der Waals surface area contributed by atoms with E-state index in [2.05, 4.69) is 54.7 Å². The van der Waals surface area contributed by atoms with Gasteiger partial charge in [0.15, 0.2) is 11.5 Å². The monoisotopic (exact) mass is 345 g/mol. The van der Waals surface area contributed by atoms with E-state index in [-0.39, 0.29) is 0 Å². The van der Waals surface area contributed by atoms with Crippen molar-refractivity contribution in [3.8, 4) is 0 Å². The molecule has 21 heavy (non-hydrogen) atoms. The Morgan fingerprint density at radius 1 is 1.19 bits per heavy atom. The fourth-order valence-corrected chi connectivity index (χ4v) is 2.64. The number of anilines is 1. The maximum Gasteiger partial charge on any atom is 0.178 e. The van der Waals surface area contributed by atoms with Gasteiger partial charge in [-0.1, -0.05) is 28.1 Å². The highest BCUT2D eigenvalue weighted by Gasteiger charge is 2.03. The maximum absolute atomic E-state index is 4.47. The molecule has 0 spiro atoms. The van der Waals surface area contributed by atoms with Crippen LogP contribution in [0.3, 0.4) is 0 Å². The summed E-state index contributed by atoms with van der Waals surface area (Å²) in [7, 11) is 0. The van der Waals surface area contributed by atoms with Gasteiger partial charge in [0.1, 0.15) is 5.82 Å². The lowest BCUT2D eigenvalue weighted by atomic mass is 10.1. The summed E-state index contributed by atoms with van der Waals surface area (Å²) in [5.74, 6) is 1.64.